The van der Waals surface area contributed by atoms with E-state index in [-0.39, 0.29) is 22.1 Å². The van der Waals surface area contributed by atoms with E-state index in [0.29, 0.717) is 41.8 Å². The molecule has 0 atom stereocenters. The van der Waals surface area contributed by atoms with Gasteiger partial charge in [0.15, 0.2) is 11.5 Å². The second kappa shape index (κ2) is 13.3. The van der Waals surface area contributed by atoms with Gasteiger partial charge in [0.25, 0.3) is 0 Å². The van der Waals surface area contributed by atoms with Crippen LogP contribution in [0.1, 0.15) is 21.5 Å². The molecule has 34 heavy (non-hydrogen) atoms. The van der Waals surface area contributed by atoms with Crippen LogP contribution in [0.3, 0.4) is 0 Å². The summed E-state index contributed by atoms with van der Waals surface area (Å²) in [6.07, 6.45) is 1.21. The molecule has 0 radical (unpaired) electrons. The van der Waals surface area contributed by atoms with Crippen molar-refractivity contribution in [1.82, 2.24) is 5.32 Å². The predicted molar refractivity (Wildman–Crippen MR) is 133 cm³/mol. The zero-order valence-corrected chi connectivity index (χ0v) is 19.9. The number of nitrogens with one attached hydrogen (secondary N) is 2. The number of hydrogen-bond donors (Lipinski definition) is 5. The first-order chi connectivity index (χ1) is 16.2. The van der Waals surface area contributed by atoms with Crippen LogP contribution in [-0.4, -0.2) is 42.6 Å². The van der Waals surface area contributed by atoms with Crippen LogP contribution in [0.5, 0.6) is 23.0 Å². The number of aromatic hydroxyl groups is 2. The van der Waals surface area contributed by atoms with Gasteiger partial charge >= 0.3 is 0 Å². The van der Waals surface area contributed by atoms with Gasteiger partial charge in [-0.25, -0.2) is 0 Å². The summed E-state index contributed by atoms with van der Waals surface area (Å²) in [6, 6.07) is 14.4. The minimum atomic E-state index is -0.563. The van der Waals surface area contributed by atoms with Gasteiger partial charge in [-0.3, -0.25) is 4.79 Å². The summed E-state index contributed by atoms with van der Waals surface area (Å²) in [6.45, 7) is 1.74. The second-order valence-corrected chi connectivity index (χ2v) is 7.71. The van der Waals surface area contributed by atoms with Crippen LogP contribution in [0.15, 0.2) is 54.6 Å². The van der Waals surface area contributed by atoms with Gasteiger partial charge in [0.05, 0.1) is 17.2 Å². The van der Waals surface area contributed by atoms with Crippen LogP contribution in [0.4, 0.5) is 0 Å². The molecule has 1 amide bonds. The first-order valence-electron chi connectivity index (χ1n) is 10.0. The lowest BCUT2D eigenvalue weighted by Crippen LogP contribution is -2.20. The maximum Gasteiger partial charge on any atom is 0.248 e. The topological polar surface area (TPSA) is 138 Å². The van der Waals surface area contributed by atoms with E-state index >= 15 is 0 Å². The summed E-state index contributed by atoms with van der Waals surface area (Å²) < 4.78 is 10.9. The number of rotatable bonds is 9. The van der Waals surface area contributed by atoms with Gasteiger partial charge in [0.1, 0.15) is 18.1 Å². The number of carbonyl (C=O) groups is 1. The van der Waals surface area contributed by atoms with E-state index in [2.05, 4.69) is 5.32 Å². The highest BCUT2D eigenvalue weighted by Crippen LogP contribution is 2.35. The Kier molecular flexibility index (Phi) is 10.5. The molecule has 0 aliphatic carbocycles. The molecule has 0 bridgehead atoms. The standard InChI is InChI=1S/C17H19ClN2O3.C7H6ClNO2/c1-22-16-9-13(10-19)8-15(18)17(16)23-7-6-20-11-12-2-4-14(21)5-3-12;8-5-3-4(7(9)11)1-2-6(5)10/h2-5,8-10,19-21H,6-7,11H2,1H3;1-3,10H,(H2,9,11). The number of hydrogen-bond acceptors (Lipinski definition) is 7. The molecule has 10 heteroatoms. The van der Waals surface area contributed by atoms with Crippen LogP contribution in [-0.2, 0) is 6.54 Å². The molecule has 0 aliphatic heterocycles. The van der Waals surface area contributed by atoms with Crippen LogP contribution in [0.25, 0.3) is 0 Å². The summed E-state index contributed by atoms with van der Waals surface area (Å²) in [5.41, 5.74) is 6.97. The third-order valence-corrected chi connectivity index (χ3v) is 5.02. The number of phenolic OH excluding ortho intramolecular Hbond substituents is 2. The third kappa shape index (κ3) is 8.15. The average Bonchev–Trinajstić information content (AvgIpc) is 2.82. The van der Waals surface area contributed by atoms with Crippen molar-refractivity contribution in [2.45, 2.75) is 6.54 Å². The molecular weight excluding hydrogens is 481 g/mol. The number of benzene rings is 3. The van der Waals surface area contributed by atoms with Crippen LogP contribution >= 0.6 is 23.2 Å². The van der Waals surface area contributed by atoms with Crippen molar-refractivity contribution in [2.24, 2.45) is 5.73 Å². The van der Waals surface area contributed by atoms with Crippen molar-refractivity contribution in [3.8, 4) is 23.0 Å². The van der Waals surface area contributed by atoms with E-state index < -0.39 is 5.91 Å². The highest BCUT2D eigenvalue weighted by Gasteiger charge is 2.11. The number of primary amides is 1. The van der Waals surface area contributed by atoms with Gasteiger partial charge in [-0.15, -0.1) is 0 Å². The molecule has 8 nitrogen and oxygen atoms in total. The Morgan fingerprint density at radius 2 is 1.79 bits per heavy atom. The quantitative estimate of drug-likeness (QED) is 0.216. The number of carbonyl (C=O) groups excluding carboxylic acids is 1. The lowest BCUT2D eigenvalue weighted by Gasteiger charge is -2.13. The van der Waals surface area contributed by atoms with Crippen molar-refractivity contribution in [2.75, 3.05) is 20.3 Å². The first-order valence-corrected chi connectivity index (χ1v) is 10.8. The fourth-order valence-electron chi connectivity index (χ4n) is 2.70. The van der Waals surface area contributed by atoms with Crippen molar-refractivity contribution < 1.29 is 24.5 Å². The summed E-state index contributed by atoms with van der Waals surface area (Å²) in [7, 11) is 1.54. The normalized spacial score (nSPS) is 10.1. The van der Waals surface area contributed by atoms with E-state index in [1.54, 1.807) is 24.3 Å². The van der Waals surface area contributed by atoms with E-state index in [0.717, 1.165) is 5.56 Å². The molecular formula is C24H25Cl2N3O5. The Balaban J connectivity index is 0.000000310. The van der Waals surface area contributed by atoms with Gasteiger partial charge in [-0.05, 0) is 53.6 Å². The Bertz CT molecular complexity index is 1120. The average molecular weight is 506 g/mol. The first kappa shape index (κ1) is 26.8. The van der Waals surface area contributed by atoms with Crippen LogP contribution in [0.2, 0.25) is 10.0 Å². The maximum absolute atomic E-state index is 10.5. The van der Waals surface area contributed by atoms with Crippen LogP contribution in [0, 0.1) is 5.41 Å². The Morgan fingerprint density at radius 3 is 2.38 bits per heavy atom. The number of halogens is 2. The minimum absolute atomic E-state index is 0.0586. The molecule has 0 unspecified atom stereocenters. The molecule has 3 aromatic rings. The van der Waals surface area contributed by atoms with Crippen molar-refractivity contribution in [1.29, 1.82) is 5.41 Å². The summed E-state index contributed by atoms with van der Waals surface area (Å²) in [5.74, 6) is 0.622. The zero-order valence-electron chi connectivity index (χ0n) is 18.3. The summed E-state index contributed by atoms with van der Waals surface area (Å²) in [4.78, 5) is 10.5. The fourth-order valence-corrected chi connectivity index (χ4v) is 3.15. The summed E-state index contributed by atoms with van der Waals surface area (Å²) in [5, 5.41) is 29.2. The van der Waals surface area contributed by atoms with Crippen molar-refractivity contribution >= 4 is 35.3 Å². The minimum Gasteiger partial charge on any atom is -0.508 e. The Morgan fingerprint density at radius 1 is 1.09 bits per heavy atom. The van der Waals surface area contributed by atoms with Gasteiger partial charge in [0, 0.05) is 24.9 Å². The lowest BCUT2D eigenvalue weighted by atomic mass is 10.2. The highest BCUT2D eigenvalue weighted by atomic mass is 35.5. The maximum atomic E-state index is 10.5. The van der Waals surface area contributed by atoms with E-state index in [9.17, 15) is 9.90 Å². The Hall–Kier alpha value is -3.46. The number of phenols is 2. The Labute approximate surface area is 207 Å². The number of ether oxygens (including phenoxy) is 2. The number of nitrogens with two attached hydrogens (primary N) is 1. The molecule has 3 aromatic carbocycles. The molecule has 0 aliphatic rings. The van der Waals surface area contributed by atoms with Crippen molar-refractivity contribution in [3.63, 3.8) is 0 Å². The zero-order chi connectivity index (χ0) is 25.1. The smallest absolute Gasteiger partial charge is 0.248 e. The molecule has 0 saturated heterocycles. The van der Waals surface area contributed by atoms with Gasteiger partial charge in [0.2, 0.25) is 5.91 Å². The molecule has 180 valence electrons. The molecule has 3 rings (SSSR count). The number of methoxy groups -OCH3 is 1. The summed E-state index contributed by atoms with van der Waals surface area (Å²) >= 11 is 11.7. The van der Waals surface area contributed by atoms with Gasteiger partial charge in [-0.2, -0.15) is 0 Å². The molecule has 0 heterocycles. The molecule has 0 aromatic heterocycles. The SMILES string of the molecule is COc1cc(C=N)cc(Cl)c1OCCNCc1ccc(O)cc1.NC(=O)c1ccc(O)c(Cl)c1. The molecule has 6 N–H and O–H groups in total. The monoisotopic (exact) mass is 505 g/mol. The predicted octanol–water partition coefficient (Wildman–Crippen LogP) is 4.36. The largest absolute Gasteiger partial charge is 0.508 e. The van der Waals surface area contributed by atoms with Gasteiger partial charge in [-0.1, -0.05) is 35.3 Å². The van der Waals surface area contributed by atoms with E-state index in [1.807, 2.05) is 12.1 Å². The van der Waals surface area contributed by atoms with Crippen molar-refractivity contribution in [3.05, 3.63) is 81.3 Å². The van der Waals surface area contributed by atoms with E-state index in [4.69, 9.17) is 48.9 Å². The third-order valence-electron chi connectivity index (χ3n) is 4.44. The van der Waals surface area contributed by atoms with E-state index in [1.165, 1.54) is 31.5 Å². The fraction of sp³-hybridized carbons (Fsp3) is 0.167. The molecule has 0 fully saturated rings. The van der Waals surface area contributed by atoms with Gasteiger partial charge < -0.3 is 36.1 Å². The second-order valence-electron chi connectivity index (χ2n) is 6.90. The molecule has 0 saturated carbocycles. The van der Waals surface area contributed by atoms with Crippen LogP contribution < -0.4 is 20.5 Å². The number of amides is 1. The highest BCUT2D eigenvalue weighted by molar-refractivity contribution is 6.32. The lowest BCUT2D eigenvalue weighted by molar-refractivity contribution is 0.100. The molecule has 0 spiro atoms.